The molecule has 0 heterocycles. The van der Waals surface area contributed by atoms with Gasteiger partial charge >= 0.3 is 13.8 Å². The summed E-state index contributed by atoms with van der Waals surface area (Å²) in [6, 6.07) is 17.7. The summed E-state index contributed by atoms with van der Waals surface area (Å²) in [5, 5.41) is 0. The highest BCUT2D eigenvalue weighted by molar-refractivity contribution is 7.45. The summed E-state index contributed by atoms with van der Waals surface area (Å²) in [6.45, 7) is 2.21. The zero-order valence-corrected chi connectivity index (χ0v) is 17.1. The molecule has 154 valence electrons. The van der Waals surface area contributed by atoms with E-state index in [9.17, 15) is 4.79 Å². The van der Waals surface area contributed by atoms with Gasteiger partial charge in [0, 0.05) is 12.0 Å². The minimum Gasteiger partial charge on any atom is -0.426 e. The van der Waals surface area contributed by atoms with Gasteiger partial charge in [-0.2, -0.15) is 0 Å². The molecule has 0 fully saturated rings. The molecule has 0 aliphatic rings. The lowest BCUT2D eigenvalue weighted by molar-refractivity contribution is -0.134. The minimum absolute atomic E-state index is 0.135. The molecule has 3 N–H and O–H groups in total. The van der Waals surface area contributed by atoms with Crippen LogP contribution in [0.4, 0.5) is 0 Å². The monoisotopic (exact) mass is 408 g/mol. The van der Waals surface area contributed by atoms with Crippen LogP contribution >= 0.6 is 7.82 Å². The van der Waals surface area contributed by atoms with Gasteiger partial charge in [-0.15, -0.1) is 0 Å². The summed E-state index contributed by atoms with van der Waals surface area (Å²) in [7, 11) is -4.64. The smallest absolute Gasteiger partial charge is 0.426 e. The standard InChI is InChI=1S/C21H26O2.H3O4P/c1-2-3-4-5-6-10-17-21(22)23-20-16-12-11-15-19(20)18-13-8-7-9-14-18;1-5(2,3)4/h7-9,11-16H,2-6,10,17H2,1H3;(H3,1,2,3,4). The van der Waals surface area contributed by atoms with Crippen molar-refractivity contribution in [2.24, 2.45) is 0 Å². The molecule has 0 saturated carbocycles. The van der Waals surface area contributed by atoms with Crippen molar-refractivity contribution in [1.82, 2.24) is 0 Å². The molecule has 2 rings (SSSR count). The number of phosphoric acid groups is 1. The quantitative estimate of drug-likeness (QED) is 0.231. The summed E-state index contributed by atoms with van der Waals surface area (Å²) < 4.78 is 14.5. The fourth-order valence-corrected chi connectivity index (χ4v) is 2.64. The Morgan fingerprint density at radius 2 is 1.39 bits per heavy atom. The maximum atomic E-state index is 12.1. The first-order valence-corrected chi connectivity index (χ1v) is 11.0. The number of ether oxygens (including phenoxy) is 1. The summed E-state index contributed by atoms with van der Waals surface area (Å²) >= 11 is 0. The highest BCUT2D eigenvalue weighted by atomic mass is 31.2. The molecule has 0 radical (unpaired) electrons. The summed E-state index contributed by atoms with van der Waals surface area (Å²) in [4.78, 5) is 33.6. The number of hydrogen-bond donors (Lipinski definition) is 3. The molecule has 0 aliphatic carbocycles. The van der Waals surface area contributed by atoms with Crippen molar-refractivity contribution < 1.29 is 28.8 Å². The van der Waals surface area contributed by atoms with Gasteiger partial charge in [-0.3, -0.25) is 4.79 Å². The van der Waals surface area contributed by atoms with Crippen molar-refractivity contribution in [3.05, 3.63) is 54.6 Å². The second-order valence-electron chi connectivity index (χ2n) is 6.37. The lowest BCUT2D eigenvalue weighted by atomic mass is 10.0. The van der Waals surface area contributed by atoms with Crippen LogP contribution in [0.1, 0.15) is 51.9 Å². The van der Waals surface area contributed by atoms with E-state index in [0.717, 1.165) is 24.0 Å². The zero-order chi connectivity index (χ0) is 20.8. The molecule has 0 atom stereocenters. The van der Waals surface area contributed by atoms with Crippen molar-refractivity contribution in [2.45, 2.75) is 51.9 Å². The van der Waals surface area contributed by atoms with Crippen molar-refractivity contribution in [3.8, 4) is 16.9 Å². The first-order valence-electron chi connectivity index (χ1n) is 9.44. The second-order valence-corrected chi connectivity index (χ2v) is 7.39. The fourth-order valence-electron chi connectivity index (χ4n) is 2.64. The average Bonchev–Trinajstić information content (AvgIpc) is 2.64. The van der Waals surface area contributed by atoms with Gasteiger partial charge in [-0.25, -0.2) is 4.57 Å². The predicted molar refractivity (Wildman–Crippen MR) is 110 cm³/mol. The highest BCUT2D eigenvalue weighted by Gasteiger charge is 2.10. The number of carbonyl (C=O) groups is 1. The minimum atomic E-state index is -4.64. The third kappa shape index (κ3) is 11.7. The van der Waals surface area contributed by atoms with Gasteiger partial charge < -0.3 is 19.4 Å². The molecule has 0 saturated heterocycles. The van der Waals surface area contributed by atoms with E-state index >= 15 is 0 Å². The third-order valence-corrected chi connectivity index (χ3v) is 3.93. The lowest BCUT2D eigenvalue weighted by Crippen LogP contribution is -2.08. The van der Waals surface area contributed by atoms with E-state index in [0.29, 0.717) is 12.2 Å². The van der Waals surface area contributed by atoms with E-state index in [1.54, 1.807) is 0 Å². The Hall–Kier alpha value is -1.98. The molecule has 6 nitrogen and oxygen atoms in total. The van der Waals surface area contributed by atoms with E-state index in [-0.39, 0.29) is 5.97 Å². The first kappa shape index (κ1) is 24.1. The molecule has 0 spiro atoms. The Bertz CT molecular complexity index is 733. The van der Waals surface area contributed by atoms with Crippen LogP contribution in [0.3, 0.4) is 0 Å². The Morgan fingerprint density at radius 3 is 2.04 bits per heavy atom. The number of hydrogen-bond acceptors (Lipinski definition) is 3. The normalized spacial score (nSPS) is 10.7. The van der Waals surface area contributed by atoms with Crippen LogP contribution in [0.2, 0.25) is 0 Å². The van der Waals surface area contributed by atoms with E-state index in [4.69, 9.17) is 24.0 Å². The van der Waals surface area contributed by atoms with Crippen molar-refractivity contribution in [3.63, 3.8) is 0 Å². The molecule has 2 aromatic rings. The Morgan fingerprint density at radius 1 is 0.857 bits per heavy atom. The number of esters is 1. The Labute approximate surface area is 166 Å². The van der Waals surface area contributed by atoms with Gasteiger partial charge in [-0.1, -0.05) is 87.6 Å². The van der Waals surface area contributed by atoms with Crippen LogP contribution in [0.25, 0.3) is 11.1 Å². The summed E-state index contributed by atoms with van der Waals surface area (Å²) in [6.07, 6.45) is 7.53. The topological polar surface area (TPSA) is 104 Å². The largest absolute Gasteiger partial charge is 0.466 e. The van der Waals surface area contributed by atoms with Gasteiger partial charge in [0.05, 0.1) is 0 Å². The Kier molecular flexibility index (Phi) is 11.4. The van der Waals surface area contributed by atoms with Crippen LogP contribution in [-0.2, 0) is 9.36 Å². The molecular formula is C21H29O6P. The number of benzene rings is 2. The van der Waals surface area contributed by atoms with Crippen LogP contribution in [-0.4, -0.2) is 20.6 Å². The van der Waals surface area contributed by atoms with E-state index < -0.39 is 7.82 Å². The molecule has 2 aromatic carbocycles. The van der Waals surface area contributed by atoms with Crippen LogP contribution in [0, 0.1) is 0 Å². The maximum absolute atomic E-state index is 12.1. The molecule has 7 heteroatoms. The van der Waals surface area contributed by atoms with E-state index in [2.05, 4.69) is 6.92 Å². The van der Waals surface area contributed by atoms with Gasteiger partial charge in [0.2, 0.25) is 0 Å². The summed E-state index contributed by atoms with van der Waals surface area (Å²) in [5.41, 5.74) is 2.03. The molecular weight excluding hydrogens is 379 g/mol. The first-order chi connectivity index (χ1) is 13.3. The van der Waals surface area contributed by atoms with Gasteiger partial charge in [0.15, 0.2) is 0 Å². The van der Waals surface area contributed by atoms with Crippen molar-refractivity contribution in [2.75, 3.05) is 0 Å². The van der Waals surface area contributed by atoms with Gasteiger partial charge in [0.25, 0.3) is 0 Å². The highest BCUT2D eigenvalue weighted by Crippen LogP contribution is 2.30. The van der Waals surface area contributed by atoms with Crippen LogP contribution in [0.15, 0.2) is 54.6 Å². The molecule has 0 aromatic heterocycles. The van der Waals surface area contributed by atoms with Crippen molar-refractivity contribution >= 4 is 13.8 Å². The Balaban J connectivity index is 0.000000696. The fraction of sp³-hybridized carbons (Fsp3) is 0.381. The summed E-state index contributed by atoms with van der Waals surface area (Å²) in [5.74, 6) is 0.513. The molecule has 0 unspecified atom stereocenters. The maximum Gasteiger partial charge on any atom is 0.466 e. The van der Waals surface area contributed by atoms with Crippen molar-refractivity contribution in [1.29, 1.82) is 0 Å². The molecule has 0 amide bonds. The number of para-hydroxylation sites is 1. The average molecular weight is 408 g/mol. The number of unbranched alkanes of at least 4 members (excludes halogenated alkanes) is 5. The third-order valence-electron chi connectivity index (χ3n) is 3.93. The molecule has 0 aliphatic heterocycles. The number of rotatable bonds is 9. The second kappa shape index (κ2) is 13.2. The van der Waals surface area contributed by atoms with E-state index in [1.165, 1.54) is 25.7 Å². The molecule has 0 bridgehead atoms. The SMILES string of the molecule is CCCCCCCCC(=O)Oc1ccccc1-c1ccccc1.O=P(O)(O)O. The lowest BCUT2D eigenvalue weighted by Gasteiger charge is -2.10. The van der Waals surface area contributed by atoms with Gasteiger partial charge in [0.1, 0.15) is 5.75 Å². The predicted octanol–water partition coefficient (Wildman–Crippen LogP) is 5.08. The van der Waals surface area contributed by atoms with Crippen LogP contribution < -0.4 is 4.74 Å². The van der Waals surface area contributed by atoms with Gasteiger partial charge in [-0.05, 0) is 18.1 Å². The van der Waals surface area contributed by atoms with Crippen LogP contribution in [0.5, 0.6) is 5.75 Å². The zero-order valence-electron chi connectivity index (χ0n) is 16.2. The molecule has 28 heavy (non-hydrogen) atoms. The van der Waals surface area contributed by atoms with E-state index in [1.807, 2.05) is 54.6 Å². The number of carbonyl (C=O) groups excluding carboxylic acids is 1.